The Morgan fingerprint density at radius 1 is 1.55 bits per heavy atom. The second-order valence-corrected chi connectivity index (χ2v) is 5.84. The number of aryl methyl sites for hydroxylation is 1. The zero-order chi connectivity index (χ0) is 15.5. The van der Waals surface area contributed by atoms with Crippen molar-refractivity contribution in [3.63, 3.8) is 0 Å². The number of carbonyl (C=O) groups excluding carboxylic acids is 1. The minimum Gasteiger partial charge on any atom is -0.382 e. The van der Waals surface area contributed by atoms with E-state index in [1.165, 1.54) is 0 Å². The van der Waals surface area contributed by atoms with Gasteiger partial charge in [0.1, 0.15) is 0 Å². The van der Waals surface area contributed by atoms with Gasteiger partial charge in [-0.05, 0) is 19.1 Å². The quantitative estimate of drug-likeness (QED) is 0.908. The van der Waals surface area contributed by atoms with Gasteiger partial charge < -0.3 is 10.2 Å². The zero-order valence-corrected chi connectivity index (χ0v) is 13.6. The molecule has 0 radical (unpaired) electrons. The highest BCUT2D eigenvalue weighted by Gasteiger charge is 2.29. The minimum atomic E-state index is -0.612. The average molecular weight is 363 g/mol. The largest absolute Gasteiger partial charge is 0.382 e. The number of halogens is 1. The van der Waals surface area contributed by atoms with Crippen LogP contribution >= 0.6 is 15.9 Å². The molecule has 1 unspecified atom stereocenters. The summed E-state index contributed by atoms with van der Waals surface area (Å²) in [6, 6.07) is 7.76. The molecule has 1 amide bonds. The van der Waals surface area contributed by atoms with Gasteiger partial charge >= 0.3 is 0 Å². The lowest BCUT2D eigenvalue weighted by Crippen LogP contribution is -2.27. The molecule has 0 fully saturated rings. The molecule has 1 N–H and O–H groups in total. The van der Waals surface area contributed by atoms with E-state index >= 15 is 0 Å². The van der Waals surface area contributed by atoms with Gasteiger partial charge in [0.15, 0.2) is 0 Å². The van der Waals surface area contributed by atoms with E-state index in [0.29, 0.717) is 12.1 Å². The van der Waals surface area contributed by atoms with Gasteiger partial charge in [-0.2, -0.15) is 5.10 Å². The van der Waals surface area contributed by atoms with Crippen molar-refractivity contribution in [1.29, 1.82) is 0 Å². The van der Waals surface area contributed by atoms with Crippen molar-refractivity contribution in [3.8, 4) is 0 Å². The number of nitrogens with zero attached hydrogens (tertiary/aromatic N) is 3. The highest BCUT2D eigenvalue weighted by molar-refractivity contribution is 9.10. The number of oxime groups is 1. The normalized spacial score (nSPS) is 17.0. The number of hydrogen-bond acceptors (Lipinski definition) is 4. The fraction of sp³-hybridized carbons (Fsp3) is 0.267. The maximum atomic E-state index is 12.2. The molecule has 0 spiro atoms. The first-order valence-electron chi connectivity index (χ1n) is 6.97. The zero-order valence-electron chi connectivity index (χ0n) is 12.0. The third-order valence-corrected chi connectivity index (χ3v) is 3.84. The van der Waals surface area contributed by atoms with Crippen LogP contribution in [0.25, 0.3) is 0 Å². The summed E-state index contributed by atoms with van der Waals surface area (Å²) in [6.45, 7) is 2.74. The molecule has 2 aromatic rings. The Bertz CT molecular complexity index is 726. The summed E-state index contributed by atoms with van der Waals surface area (Å²) in [5.74, 6) is -0.218. The molecule has 0 saturated heterocycles. The van der Waals surface area contributed by atoms with E-state index in [4.69, 9.17) is 4.84 Å². The van der Waals surface area contributed by atoms with Crippen molar-refractivity contribution in [2.24, 2.45) is 5.16 Å². The molecule has 114 valence electrons. The molecule has 7 heteroatoms. The molecule has 1 atom stereocenters. The van der Waals surface area contributed by atoms with E-state index in [1.807, 2.05) is 31.2 Å². The molecular weight excluding hydrogens is 348 g/mol. The van der Waals surface area contributed by atoms with Crippen molar-refractivity contribution < 1.29 is 9.63 Å². The minimum absolute atomic E-state index is 0.218. The highest BCUT2D eigenvalue weighted by atomic mass is 79.9. The molecule has 1 aliphatic heterocycles. The Balaban J connectivity index is 1.62. The average Bonchev–Trinajstić information content (AvgIpc) is 3.16. The van der Waals surface area contributed by atoms with Gasteiger partial charge in [0.25, 0.3) is 5.91 Å². The van der Waals surface area contributed by atoms with Crippen LogP contribution in [0.15, 0.2) is 46.3 Å². The Morgan fingerprint density at radius 3 is 3.14 bits per heavy atom. The maximum absolute atomic E-state index is 12.2. The van der Waals surface area contributed by atoms with Crippen LogP contribution in [0.2, 0.25) is 0 Å². The number of aromatic nitrogens is 2. The fourth-order valence-electron chi connectivity index (χ4n) is 2.18. The van der Waals surface area contributed by atoms with Crippen LogP contribution in [-0.4, -0.2) is 27.5 Å². The molecular formula is C15H15BrN4O2. The van der Waals surface area contributed by atoms with Gasteiger partial charge in [0, 0.05) is 29.2 Å². The van der Waals surface area contributed by atoms with Crippen LogP contribution in [0.4, 0.5) is 5.69 Å². The SMILES string of the molecule is CCn1cc(NC(=O)C2CC(c3cccc(Br)c3)=NO2)cn1. The van der Waals surface area contributed by atoms with E-state index in [1.54, 1.807) is 17.1 Å². The third kappa shape index (κ3) is 3.19. The van der Waals surface area contributed by atoms with E-state index in [0.717, 1.165) is 22.3 Å². The van der Waals surface area contributed by atoms with Gasteiger partial charge in [-0.25, -0.2) is 0 Å². The maximum Gasteiger partial charge on any atom is 0.268 e. The highest BCUT2D eigenvalue weighted by Crippen LogP contribution is 2.20. The third-order valence-electron chi connectivity index (χ3n) is 3.34. The molecule has 1 aromatic carbocycles. The van der Waals surface area contributed by atoms with Crippen LogP contribution in [0, 0.1) is 0 Å². The van der Waals surface area contributed by atoms with Crippen LogP contribution < -0.4 is 5.32 Å². The fourth-order valence-corrected chi connectivity index (χ4v) is 2.58. The van der Waals surface area contributed by atoms with Gasteiger partial charge in [-0.1, -0.05) is 33.2 Å². The summed E-state index contributed by atoms with van der Waals surface area (Å²) >= 11 is 3.42. The van der Waals surface area contributed by atoms with E-state index in [2.05, 4.69) is 31.5 Å². The number of hydrogen-bond donors (Lipinski definition) is 1. The van der Waals surface area contributed by atoms with E-state index in [-0.39, 0.29) is 5.91 Å². The summed E-state index contributed by atoms with van der Waals surface area (Å²) in [7, 11) is 0. The van der Waals surface area contributed by atoms with Crippen molar-refractivity contribution >= 4 is 33.2 Å². The Hall–Kier alpha value is -2.15. The van der Waals surface area contributed by atoms with Crippen LogP contribution in [-0.2, 0) is 16.2 Å². The van der Waals surface area contributed by atoms with Gasteiger partial charge in [-0.3, -0.25) is 9.48 Å². The number of rotatable bonds is 4. The van der Waals surface area contributed by atoms with Crippen LogP contribution in [0.5, 0.6) is 0 Å². The molecule has 6 nitrogen and oxygen atoms in total. The number of carbonyl (C=O) groups is 1. The van der Waals surface area contributed by atoms with Gasteiger partial charge in [0.05, 0.1) is 17.6 Å². The van der Waals surface area contributed by atoms with Crippen molar-refractivity contribution in [2.75, 3.05) is 5.32 Å². The Morgan fingerprint density at radius 2 is 2.41 bits per heavy atom. The lowest BCUT2D eigenvalue weighted by atomic mass is 10.0. The van der Waals surface area contributed by atoms with Crippen LogP contribution in [0.3, 0.4) is 0 Å². The standard InChI is InChI=1S/C15H15BrN4O2/c1-2-20-9-12(8-17-20)18-15(21)14-7-13(19-22-14)10-4-3-5-11(16)6-10/h3-6,8-9,14H,2,7H2,1H3,(H,18,21). The number of amides is 1. The predicted molar refractivity (Wildman–Crippen MR) is 86.7 cm³/mol. The lowest BCUT2D eigenvalue weighted by Gasteiger charge is -2.07. The van der Waals surface area contributed by atoms with Crippen molar-refractivity contribution in [2.45, 2.75) is 26.0 Å². The van der Waals surface area contributed by atoms with Gasteiger partial charge in [0.2, 0.25) is 6.10 Å². The van der Waals surface area contributed by atoms with Crippen molar-refractivity contribution in [1.82, 2.24) is 9.78 Å². The molecule has 0 saturated carbocycles. The molecule has 1 aromatic heterocycles. The monoisotopic (exact) mass is 362 g/mol. The van der Waals surface area contributed by atoms with E-state index < -0.39 is 6.10 Å². The molecule has 3 rings (SSSR count). The van der Waals surface area contributed by atoms with Crippen LogP contribution in [0.1, 0.15) is 18.9 Å². The summed E-state index contributed by atoms with van der Waals surface area (Å²) < 4.78 is 2.71. The number of nitrogens with one attached hydrogen (secondary N) is 1. The predicted octanol–water partition coefficient (Wildman–Crippen LogP) is 2.80. The summed E-state index contributed by atoms with van der Waals surface area (Å²) in [4.78, 5) is 17.5. The summed E-state index contributed by atoms with van der Waals surface area (Å²) in [5.41, 5.74) is 2.38. The molecule has 2 heterocycles. The Kier molecular flexibility index (Phi) is 4.24. The second-order valence-electron chi connectivity index (χ2n) is 4.92. The van der Waals surface area contributed by atoms with E-state index in [9.17, 15) is 4.79 Å². The first kappa shape index (κ1) is 14.8. The van der Waals surface area contributed by atoms with Crippen molar-refractivity contribution in [3.05, 3.63) is 46.7 Å². The topological polar surface area (TPSA) is 68.5 Å². The summed E-state index contributed by atoms with van der Waals surface area (Å²) in [5, 5.41) is 10.9. The smallest absolute Gasteiger partial charge is 0.268 e. The molecule has 0 bridgehead atoms. The molecule has 0 aliphatic carbocycles. The molecule has 22 heavy (non-hydrogen) atoms. The summed E-state index contributed by atoms with van der Waals surface area (Å²) in [6.07, 6.45) is 3.23. The first-order chi connectivity index (χ1) is 10.7. The second kappa shape index (κ2) is 6.31. The first-order valence-corrected chi connectivity index (χ1v) is 7.77. The Labute approximate surface area is 136 Å². The molecule has 1 aliphatic rings. The number of anilines is 1. The lowest BCUT2D eigenvalue weighted by molar-refractivity contribution is -0.125. The van der Waals surface area contributed by atoms with Gasteiger partial charge in [-0.15, -0.1) is 0 Å². The number of benzene rings is 1.